The largest absolute Gasteiger partial charge is 0.454 e. The number of rotatable bonds is 5. The van der Waals surface area contributed by atoms with Crippen molar-refractivity contribution in [1.82, 2.24) is 15.1 Å². The summed E-state index contributed by atoms with van der Waals surface area (Å²) in [5.41, 5.74) is 0.0754. The summed E-state index contributed by atoms with van der Waals surface area (Å²) < 4.78 is 10.7. The van der Waals surface area contributed by atoms with Crippen LogP contribution in [0.1, 0.15) is 18.9 Å². The molecule has 1 atom stereocenters. The highest BCUT2D eigenvalue weighted by molar-refractivity contribution is 7.99. The molecule has 144 valence electrons. The number of hydrogen-bond acceptors (Lipinski definition) is 6. The fraction of sp³-hybridized carbons (Fsp3) is 0.500. The van der Waals surface area contributed by atoms with Gasteiger partial charge in [0.1, 0.15) is 12.1 Å². The van der Waals surface area contributed by atoms with Crippen LogP contribution in [0, 0.1) is 0 Å². The smallest absolute Gasteiger partial charge is 0.325 e. The molecule has 1 aromatic carbocycles. The van der Waals surface area contributed by atoms with Crippen molar-refractivity contribution in [2.24, 2.45) is 0 Å². The maximum absolute atomic E-state index is 12.8. The first-order chi connectivity index (χ1) is 13.0. The van der Waals surface area contributed by atoms with Crippen LogP contribution in [0.15, 0.2) is 18.2 Å². The quantitative estimate of drug-likeness (QED) is 0.759. The van der Waals surface area contributed by atoms with Crippen LogP contribution in [-0.4, -0.2) is 64.6 Å². The van der Waals surface area contributed by atoms with Gasteiger partial charge in [-0.25, -0.2) is 4.79 Å². The summed E-state index contributed by atoms with van der Waals surface area (Å²) in [6, 6.07) is 5.06. The molecule has 8 nitrogen and oxygen atoms in total. The Hall–Kier alpha value is -2.42. The summed E-state index contributed by atoms with van der Waals surface area (Å²) in [5.74, 6) is 2.19. The lowest BCUT2D eigenvalue weighted by atomic mass is 9.99. The van der Waals surface area contributed by atoms with Gasteiger partial charge in [0, 0.05) is 18.8 Å². The van der Waals surface area contributed by atoms with Crippen molar-refractivity contribution < 1.29 is 23.9 Å². The molecule has 1 unspecified atom stereocenters. The molecule has 3 aliphatic heterocycles. The van der Waals surface area contributed by atoms with Gasteiger partial charge < -0.3 is 19.7 Å². The van der Waals surface area contributed by atoms with Gasteiger partial charge in [0.25, 0.3) is 5.91 Å². The summed E-state index contributed by atoms with van der Waals surface area (Å²) in [7, 11) is 0. The number of benzene rings is 1. The lowest BCUT2D eigenvalue weighted by Gasteiger charge is -2.24. The summed E-state index contributed by atoms with van der Waals surface area (Å²) in [5, 5.41) is 2.78. The molecule has 9 heteroatoms. The van der Waals surface area contributed by atoms with Crippen molar-refractivity contribution in [3.8, 4) is 11.5 Å². The summed E-state index contributed by atoms with van der Waals surface area (Å²) >= 11 is 1.64. The minimum Gasteiger partial charge on any atom is -0.454 e. The normalized spacial score (nSPS) is 23.2. The number of nitrogens with zero attached hydrogens (tertiary/aromatic N) is 2. The SMILES string of the molecule is CCN(Cc1ccc2c(c1)OCO2)C(=O)CN1C(=O)NC2(CCSC2)C1=O. The standard InChI is InChI=1S/C18H21N3O5S/c1-2-20(8-12-3-4-13-14(7-12)26-11-25-13)15(22)9-21-16(23)18(19-17(21)24)5-6-27-10-18/h3-4,7H,2,5-6,8-11H2,1H3,(H,19,24). The molecule has 1 N–H and O–H groups in total. The number of fused-ring (bicyclic) bond motifs is 1. The Morgan fingerprint density at radius 2 is 2.15 bits per heavy atom. The topological polar surface area (TPSA) is 88.2 Å². The van der Waals surface area contributed by atoms with E-state index in [9.17, 15) is 14.4 Å². The number of carbonyl (C=O) groups is 3. The van der Waals surface area contributed by atoms with Gasteiger partial charge in [-0.2, -0.15) is 11.8 Å². The molecular weight excluding hydrogens is 370 g/mol. The van der Waals surface area contributed by atoms with Gasteiger partial charge in [-0.05, 0) is 36.8 Å². The number of hydrogen-bond donors (Lipinski definition) is 1. The zero-order valence-electron chi connectivity index (χ0n) is 15.0. The average Bonchev–Trinajstić information content (AvgIpc) is 3.36. The fourth-order valence-corrected chi connectivity index (χ4v) is 4.85. The number of carbonyl (C=O) groups excluding carboxylic acids is 3. The zero-order chi connectivity index (χ0) is 19.0. The van der Waals surface area contributed by atoms with E-state index in [0.717, 1.165) is 16.2 Å². The second-order valence-electron chi connectivity index (χ2n) is 6.80. The van der Waals surface area contributed by atoms with Crippen LogP contribution in [-0.2, 0) is 16.1 Å². The Morgan fingerprint density at radius 3 is 2.89 bits per heavy atom. The van der Waals surface area contributed by atoms with Crippen molar-refractivity contribution in [3.63, 3.8) is 0 Å². The first kappa shape index (κ1) is 18.0. The van der Waals surface area contributed by atoms with Crippen molar-refractivity contribution >= 4 is 29.6 Å². The summed E-state index contributed by atoms with van der Waals surface area (Å²) in [6.07, 6.45) is 0.613. The first-order valence-electron chi connectivity index (χ1n) is 8.90. The summed E-state index contributed by atoms with van der Waals surface area (Å²) in [6.45, 7) is 2.66. The molecule has 4 rings (SSSR count). The van der Waals surface area contributed by atoms with Crippen molar-refractivity contribution in [3.05, 3.63) is 23.8 Å². The highest BCUT2D eigenvalue weighted by Crippen LogP contribution is 2.34. The predicted octanol–water partition coefficient (Wildman–Crippen LogP) is 1.19. The van der Waals surface area contributed by atoms with Crippen molar-refractivity contribution in [1.29, 1.82) is 0 Å². The Balaban J connectivity index is 1.43. The third-order valence-electron chi connectivity index (χ3n) is 5.11. The van der Waals surface area contributed by atoms with Crippen LogP contribution in [0.5, 0.6) is 11.5 Å². The van der Waals surface area contributed by atoms with E-state index in [0.29, 0.717) is 36.8 Å². The number of nitrogens with one attached hydrogen (secondary N) is 1. The molecule has 0 aromatic heterocycles. The Morgan fingerprint density at radius 1 is 1.33 bits per heavy atom. The highest BCUT2D eigenvalue weighted by Gasteiger charge is 2.53. The van der Waals surface area contributed by atoms with E-state index in [4.69, 9.17) is 9.47 Å². The third-order valence-corrected chi connectivity index (χ3v) is 6.30. The van der Waals surface area contributed by atoms with E-state index in [1.165, 1.54) is 0 Å². The molecule has 2 saturated heterocycles. The minimum atomic E-state index is -0.823. The molecule has 1 aromatic rings. The van der Waals surface area contributed by atoms with Crippen molar-refractivity contribution in [2.75, 3.05) is 31.4 Å². The molecule has 27 heavy (non-hydrogen) atoms. The molecule has 4 amide bonds. The van der Waals surface area contributed by atoms with Crippen LogP contribution in [0.4, 0.5) is 4.79 Å². The van der Waals surface area contributed by atoms with E-state index in [1.54, 1.807) is 16.7 Å². The fourth-order valence-electron chi connectivity index (χ4n) is 3.52. The monoisotopic (exact) mass is 391 g/mol. The predicted molar refractivity (Wildman–Crippen MR) is 98.6 cm³/mol. The molecule has 2 fully saturated rings. The van der Waals surface area contributed by atoms with Gasteiger partial charge >= 0.3 is 6.03 Å². The number of ether oxygens (including phenoxy) is 2. The van der Waals surface area contributed by atoms with E-state index in [2.05, 4.69) is 5.32 Å². The lowest BCUT2D eigenvalue weighted by molar-refractivity contribution is -0.138. The third kappa shape index (κ3) is 3.20. The molecule has 0 bridgehead atoms. The van der Waals surface area contributed by atoms with Crippen LogP contribution in [0.3, 0.4) is 0 Å². The molecule has 0 aliphatic carbocycles. The van der Waals surface area contributed by atoms with Crippen LogP contribution in [0.25, 0.3) is 0 Å². The number of imide groups is 1. The van der Waals surface area contributed by atoms with Gasteiger partial charge in [0.15, 0.2) is 11.5 Å². The molecular formula is C18H21N3O5S. The lowest BCUT2D eigenvalue weighted by Crippen LogP contribution is -2.48. The zero-order valence-corrected chi connectivity index (χ0v) is 15.8. The Labute approximate surface area is 161 Å². The molecule has 0 saturated carbocycles. The van der Waals surface area contributed by atoms with Crippen LogP contribution < -0.4 is 14.8 Å². The van der Waals surface area contributed by atoms with Gasteiger partial charge in [-0.1, -0.05) is 6.07 Å². The highest BCUT2D eigenvalue weighted by atomic mass is 32.2. The van der Waals surface area contributed by atoms with Crippen LogP contribution in [0.2, 0.25) is 0 Å². The van der Waals surface area contributed by atoms with E-state index in [1.807, 2.05) is 25.1 Å². The first-order valence-corrected chi connectivity index (χ1v) is 10.1. The van der Waals surface area contributed by atoms with E-state index in [-0.39, 0.29) is 25.2 Å². The summed E-state index contributed by atoms with van der Waals surface area (Å²) in [4.78, 5) is 40.4. The maximum Gasteiger partial charge on any atom is 0.325 e. The Kier molecular flexibility index (Phi) is 4.63. The second-order valence-corrected chi connectivity index (χ2v) is 7.91. The molecule has 3 heterocycles. The molecule has 1 spiro atoms. The number of thioether (sulfide) groups is 1. The van der Waals surface area contributed by atoms with E-state index >= 15 is 0 Å². The van der Waals surface area contributed by atoms with Gasteiger partial charge in [0.2, 0.25) is 12.7 Å². The number of likely N-dealkylation sites (N-methyl/N-ethyl adjacent to an activating group) is 1. The second kappa shape index (κ2) is 6.95. The van der Waals surface area contributed by atoms with Crippen LogP contribution >= 0.6 is 11.8 Å². The van der Waals surface area contributed by atoms with Gasteiger partial charge in [-0.15, -0.1) is 0 Å². The molecule has 3 aliphatic rings. The van der Waals surface area contributed by atoms with Gasteiger partial charge in [-0.3, -0.25) is 14.5 Å². The average molecular weight is 391 g/mol. The maximum atomic E-state index is 12.8. The molecule has 0 radical (unpaired) electrons. The Bertz CT molecular complexity index is 793. The number of amides is 4. The van der Waals surface area contributed by atoms with E-state index < -0.39 is 11.6 Å². The minimum absolute atomic E-state index is 0.196. The van der Waals surface area contributed by atoms with Crippen molar-refractivity contribution in [2.45, 2.75) is 25.4 Å². The van der Waals surface area contributed by atoms with Gasteiger partial charge in [0.05, 0.1) is 0 Å². The number of urea groups is 1.